The molecule has 1 heterocycles. The van der Waals surface area contributed by atoms with Gasteiger partial charge in [0.15, 0.2) is 0 Å². The number of hydrogen-bond acceptors (Lipinski definition) is 3. The fourth-order valence-electron chi connectivity index (χ4n) is 1.79. The molecule has 0 atom stereocenters. The van der Waals surface area contributed by atoms with Crippen molar-refractivity contribution in [1.29, 1.82) is 0 Å². The smallest absolute Gasteiger partial charge is 0.244 e. The summed E-state index contributed by atoms with van der Waals surface area (Å²) in [7, 11) is -2.07. The topological polar surface area (TPSA) is 50.3 Å². The van der Waals surface area contributed by atoms with E-state index in [2.05, 4.69) is 20.9 Å². The van der Waals surface area contributed by atoms with Gasteiger partial charge in [0.1, 0.15) is 4.90 Å². The third kappa shape index (κ3) is 4.03. The first-order chi connectivity index (χ1) is 9.91. The number of benzene rings is 1. The summed E-state index contributed by atoms with van der Waals surface area (Å²) in [5.41, 5.74) is 0.849. The van der Waals surface area contributed by atoms with Gasteiger partial charge in [-0.3, -0.25) is 4.98 Å². The Hall–Kier alpha value is -0.950. The van der Waals surface area contributed by atoms with Crippen LogP contribution >= 0.6 is 27.5 Å². The van der Waals surface area contributed by atoms with Crippen molar-refractivity contribution < 1.29 is 8.42 Å². The highest BCUT2D eigenvalue weighted by molar-refractivity contribution is 9.10. The maximum Gasteiger partial charge on any atom is 0.244 e. The van der Waals surface area contributed by atoms with Gasteiger partial charge >= 0.3 is 0 Å². The highest BCUT2D eigenvalue weighted by atomic mass is 79.9. The zero-order chi connectivity index (χ0) is 15.5. The monoisotopic (exact) mass is 388 g/mol. The fraction of sp³-hybridized carbons (Fsp3) is 0.214. The van der Waals surface area contributed by atoms with E-state index in [0.29, 0.717) is 13.0 Å². The highest BCUT2D eigenvalue weighted by Crippen LogP contribution is 2.27. The Labute approximate surface area is 137 Å². The van der Waals surface area contributed by atoms with Gasteiger partial charge in [0.25, 0.3) is 0 Å². The maximum atomic E-state index is 12.5. The van der Waals surface area contributed by atoms with E-state index in [-0.39, 0.29) is 9.92 Å². The van der Waals surface area contributed by atoms with Gasteiger partial charge in [0.2, 0.25) is 10.0 Å². The molecule has 0 radical (unpaired) electrons. The van der Waals surface area contributed by atoms with E-state index in [1.807, 2.05) is 18.2 Å². The molecule has 0 saturated carbocycles. The second-order valence-electron chi connectivity index (χ2n) is 4.47. The predicted molar refractivity (Wildman–Crippen MR) is 86.9 cm³/mol. The van der Waals surface area contributed by atoms with E-state index >= 15 is 0 Å². The molecule has 0 bridgehead atoms. The van der Waals surface area contributed by atoms with Crippen LogP contribution in [0.15, 0.2) is 52.0 Å². The van der Waals surface area contributed by atoms with Gasteiger partial charge in [-0.25, -0.2) is 12.7 Å². The Bertz CT molecular complexity index is 723. The van der Waals surface area contributed by atoms with Crippen LogP contribution in [0.25, 0.3) is 0 Å². The van der Waals surface area contributed by atoms with Gasteiger partial charge < -0.3 is 0 Å². The second-order valence-corrected chi connectivity index (χ2v) is 7.81. The van der Waals surface area contributed by atoms with Gasteiger partial charge in [-0.05, 0) is 30.3 Å². The molecular weight excluding hydrogens is 376 g/mol. The molecule has 0 unspecified atom stereocenters. The quantitative estimate of drug-likeness (QED) is 0.788. The van der Waals surface area contributed by atoms with E-state index < -0.39 is 10.0 Å². The van der Waals surface area contributed by atoms with E-state index in [1.165, 1.54) is 17.4 Å². The number of sulfonamides is 1. The number of hydrogen-bond donors (Lipinski definition) is 0. The second kappa shape index (κ2) is 6.87. The van der Waals surface area contributed by atoms with Crippen molar-refractivity contribution in [2.24, 2.45) is 0 Å². The molecule has 0 saturated heterocycles. The van der Waals surface area contributed by atoms with Crippen molar-refractivity contribution in [3.63, 3.8) is 0 Å². The molecule has 7 heteroatoms. The minimum Gasteiger partial charge on any atom is -0.261 e. The number of rotatable bonds is 5. The van der Waals surface area contributed by atoms with Crippen molar-refractivity contribution in [3.05, 3.63) is 57.8 Å². The molecule has 0 aliphatic heterocycles. The van der Waals surface area contributed by atoms with Crippen LogP contribution in [0.5, 0.6) is 0 Å². The Morgan fingerprint density at radius 1 is 1.29 bits per heavy atom. The lowest BCUT2D eigenvalue weighted by atomic mass is 10.3. The molecule has 1 aromatic heterocycles. The lowest BCUT2D eigenvalue weighted by molar-refractivity contribution is 0.471. The van der Waals surface area contributed by atoms with Gasteiger partial charge in [0, 0.05) is 36.4 Å². The zero-order valence-corrected chi connectivity index (χ0v) is 14.5. The largest absolute Gasteiger partial charge is 0.261 e. The van der Waals surface area contributed by atoms with Crippen molar-refractivity contribution in [2.75, 3.05) is 13.6 Å². The van der Waals surface area contributed by atoms with Gasteiger partial charge in [-0.2, -0.15) is 0 Å². The van der Waals surface area contributed by atoms with Crippen LogP contribution in [0.1, 0.15) is 5.69 Å². The number of pyridine rings is 1. The first-order valence-corrected chi connectivity index (χ1v) is 8.83. The Morgan fingerprint density at radius 3 is 2.67 bits per heavy atom. The third-order valence-corrected chi connectivity index (χ3v) is 5.82. The van der Waals surface area contributed by atoms with Crippen LogP contribution in [0.2, 0.25) is 5.02 Å². The van der Waals surface area contributed by atoms with Crippen molar-refractivity contribution in [1.82, 2.24) is 9.29 Å². The van der Waals surface area contributed by atoms with Crippen LogP contribution < -0.4 is 0 Å². The van der Waals surface area contributed by atoms with Crippen LogP contribution in [-0.2, 0) is 16.4 Å². The summed E-state index contributed by atoms with van der Waals surface area (Å²) in [4.78, 5) is 4.29. The van der Waals surface area contributed by atoms with E-state index in [9.17, 15) is 8.42 Å². The molecule has 2 aromatic rings. The van der Waals surface area contributed by atoms with Crippen LogP contribution in [-0.4, -0.2) is 31.3 Å². The summed E-state index contributed by atoms with van der Waals surface area (Å²) in [6.45, 7) is 0.339. The number of nitrogens with zero attached hydrogens (tertiary/aromatic N) is 2. The Morgan fingerprint density at radius 2 is 2.05 bits per heavy atom. The summed E-state index contributed by atoms with van der Waals surface area (Å²) >= 11 is 9.29. The van der Waals surface area contributed by atoms with Gasteiger partial charge in [-0.1, -0.05) is 33.6 Å². The molecule has 0 aliphatic carbocycles. The predicted octanol–water partition coefficient (Wildman–Crippen LogP) is 3.36. The van der Waals surface area contributed by atoms with Gasteiger partial charge in [0.05, 0.1) is 5.02 Å². The summed E-state index contributed by atoms with van der Waals surface area (Å²) < 4.78 is 27.0. The minimum atomic E-state index is -3.60. The van der Waals surface area contributed by atoms with Crippen LogP contribution in [0.3, 0.4) is 0 Å². The maximum absolute atomic E-state index is 12.5. The summed E-state index contributed by atoms with van der Waals surface area (Å²) in [5.74, 6) is 0. The average Bonchev–Trinajstić information content (AvgIpc) is 2.45. The minimum absolute atomic E-state index is 0.107. The van der Waals surface area contributed by atoms with Crippen LogP contribution in [0.4, 0.5) is 0 Å². The standard InChI is InChI=1S/C14H14BrClN2O2S/c1-18(9-7-12-4-2-3-8-17-12)21(19,20)14-6-5-11(15)10-13(14)16/h2-6,8,10H,7,9H2,1H3. The molecule has 0 amide bonds. The molecule has 4 nitrogen and oxygen atoms in total. The summed E-state index contributed by atoms with van der Waals surface area (Å²) in [6.07, 6.45) is 2.24. The van der Waals surface area contributed by atoms with E-state index in [1.54, 1.807) is 18.3 Å². The SMILES string of the molecule is CN(CCc1ccccn1)S(=O)(=O)c1ccc(Br)cc1Cl. The van der Waals surface area contributed by atoms with Gasteiger partial charge in [-0.15, -0.1) is 0 Å². The average molecular weight is 390 g/mol. The van der Waals surface area contributed by atoms with Crippen molar-refractivity contribution in [2.45, 2.75) is 11.3 Å². The first-order valence-electron chi connectivity index (χ1n) is 6.22. The highest BCUT2D eigenvalue weighted by Gasteiger charge is 2.23. The molecule has 21 heavy (non-hydrogen) atoms. The Kier molecular flexibility index (Phi) is 5.37. The molecule has 0 fully saturated rings. The van der Waals surface area contributed by atoms with E-state index in [0.717, 1.165) is 10.2 Å². The fourth-order valence-corrected chi connectivity index (χ4v) is 3.97. The molecule has 1 aromatic carbocycles. The molecule has 112 valence electrons. The molecule has 2 rings (SSSR count). The molecule has 0 spiro atoms. The first kappa shape index (κ1) is 16.4. The zero-order valence-electron chi connectivity index (χ0n) is 11.3. The summed E-state index contributed by atoms with van der Waals surface area (Å²) in [6, 6.07) is 10.3. The normalized spacial score (nSPS) is 11.8. The third-order valence-electron chi connectivity index (χ3n) is 2.99. The number of aromatic nitrogens is 1. The van der Waals surface area contributed by atoms with Crippen molar-refractivity contribution in [3.8, 4) is 0 Å². The Balaban J connectivity index is 2.15. The number of likely N-dealkylation sites (N-methyl/N-ethyl adjacent to an activating group) is 1. The van der Waals surface area contributed by atoms with E-state index in [4.69, 9.17) is 11.6 Å². The molecular formula is C14H14BrClN2O2S. The molecule has 0 aliphatic rings. The van der Waals surface area contributed by atoms with Crippen molar-refractivity contribution >= 4 is 37.6 Å². The summed E-state index contributed by atoms with van der Waals surface area (Å²) in [5, 5.41) is 0.203. The molecule has 0 N–H and O–H groups in total. The number of halogens is 2. The van der Waals surface area contributed by atoms with Crippen LogP contribution in [0, 0.1) is 0 Å². The lowest BCUT2D eigenvalue weighted by Gasteiger charge is -2.17. The lowest BCUT2D eigenvalue weighted by Crippen LogP contribution is -2.29.